The number of rotatable bonds is 7. The van der Waals surface area contributed by atoms with Crippen LogP contribution in [0.3, 0.4) is 0 Å². The Hall–Kier alpha value is -2.78. The van der Waals surface area contributed by atoms with Crippen molar-refractivity contribution < 1.29 is 26.7 Å². The molecule has 2 aromatic carbocycles. The van der Waals surface area contributed by atoms with E-state index >= 15 is 0 Å². The van der Waals surface area contributed by atoms with E-state index in [2.05, 4.69) is 0 Å². The lowest BCUT2D eigenvalue weighted by atomic mass is 10.1. The fourth-order valence-corrected chi connectivity index (χ4v) is 3.75. The second-order valence-corrected chi connectivity index (χ2v) is 8.95. The predicted molar refractivity (Wildman–Crippen MR) is 110 cm³/mol. The van der Waals surface area contributed by atoms with Crippen molar-refractivity contribution in [3.8, 4) is 5.75 Å². The van der Waals surface area contributed by atoms with Crippen LogP contribution in [0.4, 0.5) is 8.78 Å². The van der Waals surface area contributed by atoms with Gasteiger partial charge in [-0.05, 0) is 48.4 Å². The molecule has 162 valence electrons. The summed E-state index contributed by atoms with van der Waals surface area (Å²) in [6.07, 6.45) is 2.76. The number of nitrogens with zero attached hydrogens (tertiary/aromatic N) is 2. The number of carbonyl (C=O) groups is 1. The third-order valence-corrected chi connectivity index (χ3v) is 6.56. The number of ether oxygens (including phenoxy) is 1. The second-order valence-electron chi connectivity index (χ2n) is 6.83. The van der Waals surface area contributed by atoms with Gasteiger partial charge in [0.2, 0.25) is 15.9 Å². The quantitative estimate of drug-likeness (QED) is 0.621. The Morgan fingerprint density at radius 1 is 1.07 bits per heavy atom. The van der Waals surface area contributed by atoms with Crippen LogP contribution in [0.25, 0.3) is 6.08 Å². The van der Waals surface area contributed by atoms with Gasteiger partial charge in [-0.15, -0.1) is 0 Å². The van der Waals surface area contributed by atoms with Gasteiger partial charge in [-0.2, -0.15) is 0 Å². The van der Waals surface area contributed by atoms with Gasteiger partial charge < -0.3 is 9.64 Å². The lowest BCUT2D eigenvalue weighted by molar-refractivity contribution is -0.126. The van der Waals surface area contributed by atoms with Gasteiger partial charge in [0, 0.05) is 27.2 Å². The molecule has 0 aliphatic heterocycles. The van der Waals surface area contributed by atoms with Crippen molar-refractivity contribution in [2.75, 3.05) is 28.3 Å². The molecule has 2 aromatic rings. The van der Waals surface area contributed by atoms with Gasteiger partial charge in [-0.25, -0.2) is 21.5 Å². The highest BCUT2D eigenvalue weighted by Gasteiger charge is 2.22. The van der Waals surface area contributed by atoms with E-state index in [0.29, 0.717) is 11.1 Å². The van der Waals surface area contributed by atoms with Crippen molar-refractivity contribution >= 4 is 22.0 Å². The maximum absolute atomic E-state index is 13.5. The molecule has 0 heterocycles. The van der Waals surface area contributed by atoms with Crippen molar-refractivity contribution in [3.05, 3.63) is 65.2 Å². The summed E-state index contributed by atoms with van der Waals surface area (Å²) in [5.41, 5.74) is 0.931. The van der Waals surface area contributed by atoms with Gasteiger partial charge in [-0.1, -0.05) is 12.1 Å². The average Bonchev–Trinajstić information content (AvgIpc) is 2.72. The van der Waals surface area contributed by atoms with Gasteiger partial charge in [0.25, 0.3) is 0 Å². The smallest absolute Gasteiger partial charge is 0.246 e. The number of sulfonamides is 1. The van der Waals surface area contributed by atoms with E-state index in [9.17, 15) is 22.0 Å². The fourth-order valence-electron chi connectivity index (χ4n) is 2.67. The van der Waals surface area contributed by atoms with Crippen LogP contribution < -0.4 is 4.74 Å². The summed E-state index contributed by atoms with van der Waals surface area (Å²) >= 11 is 0. The number of methoxy groups -OCH3 is 1. The molecular weight excluding hydrogens is 414 g/mol. The second kappa shape index (κ2) is 9.36. The van der Waals surface area contributed by atoms with Crippen LogP contribution in [0.15, 0.2) is 47.4 Å². The van der Waals surface area contributed by atoms with E-state index < -0.39 is 27.7 Å². The van der Waals surface area contributed by atoms with Crippen molar-refractivity contribution in [2.24, 2.45) is 0 Å². The molecule has 2 rings (SSSR count). The number of amides is 1. The Balaban J connectivity index is 2.26. The first-order chi connectivity index (χ1) is 14.0. The van der Waals surface area contributed by atoms with Gasteiger partial charge in [-0.3, -0.25) is 4.79 Å². The number of benzene rings is 2. The highest BCUT2D eigenvalue weighted by atomic mass is 32.2. The van der Waals surface area contributed by atoms with Crippen LogP contribution in [-0.2, 0) is 14.8 Å². The molecule has 0 fully saturated rings. The summed E-state index contributed by atoms with van der Waals surface area (Å²) in [4.78, 5) is 13.9. The van der Waals surface area contributed by atoms with Gasteiger partial charge >= 0.3 is 0 Å². The average molecular weight is 438 g/mol. The van der Waals surface area contributed by atoms with E-state index in [1.807, 2.05) is 0 Å². The number of hydrogen-bond donors (Lipinski definition) is 0. The Bertz CT molecular complexity index is 1070. The molecule has 0 aliphatic rings. The van der Waals surface area contributed by atoms with Crippen molar-refractivity contribution in [3.63, 3.8) is 0 Å². The lowest BCUT2D eigenvalue weighted by Gasteiger charge is -2.24. The van der Waals surface area contributed by atoms with E-state index in [1.165, 1.54) is 63.5 Å². The Labute approximate surface area is 175 Å². The molecule has 0 aromatic heterocycles. The van der Waals surface area contributed by atoms with Crippen LogP contribution in [0, 0.1) is 11.6 Å². The molecule has 0 spiro atoms. The minimum Gasteiger partial charge on any atom is -0.495 e. The van der Waals surface area contributed by atoms with Crippen molar-refractivity contribution in [1.82, 2.24) is 9.21 Å². The van der Waals surface area contributed by atoms with Crippen LogP contribution in [0.5, 0.6) is 5.75 Å². The monoisotopic (exact) mass is 438 g/mol. The largest absolute Gasteiger partial charge is 0.495 e. The molecule has 0 radical (unpaired) electrons. The summed E-state index contributed by atoms with van der Waals surface area (Å²) in [5.74, 6) is -2.14. The molecule has 30 heavy (non-hydrogen) atoms. The zero-order valence-corrected chi connectivity index (χ0v) is 18.2. The minimum atomic E-state index is -3.74. The van der Waals surface area contributed by atoms with Gasteiger partial charge in [0.05, 0.1) is 13.2 Å². The third kappa shape index (κ3) is 5.03. The normalized spacial score (nSPS) is 12.9. The summed E-state index contributed by atoms with van der Waals surface area (Å²) in [6.45, 7) is 1.69. The highest BCUT2D eigenvalue weighted by molar-refractivity contribution is 7.89. The molecule has 0 N–H and O–H groups in total. The van der Waals surface area contributed by atoms with Gasteiger partial charge in [0.1, 0.15) is 10.6 Å². The maximum Gasteiger partial charge on any atom is 0.246 e. The summed E-state index contributed by atoms with van der Waals surface area (Å²) in [6, 6.07) is 7.52. The first kappa shape index (κ1) is 23.5. The minimum absolute atomic E-state index is 0.0203. The van der Waals surface area contributed by atoms with E-state index in [0.717, 1.165) is 16.4 Å². The molecule has 0 aliphatic carbocycles. The first-order valence-corrected chi connectivity index (χ1v) is 10.4. The van der Waals surface area contributed by atoms with Crippen molar-refractivity contribution in [2.45, 2.75) is 17.9 Å². The summed E-state index contributed by atoms with van der Waals surface area (Å²) < 4.78 is 57.8. The lowest BCUT2D eigenvalue weighted by Crippen LogP contribution is -2.28. The predicted octanol–water partition coefficient (Wildman–Crippen LogP) is 3.46. The topological polar surface area (TPSA) is 66.9 Å². The van der Waals surface area contributed by atoms with Crippen LogP contribution in [0.1, 0.15) is 24.1 Å². The molecule has 1 unspecified atom stereocenters. The van der Waals surface area contributed by atoms with Gasteiger partial charge in [0.15, 0.2) is 11.6 Å². The van der Waals surface area contributed by atoms with E-state index in [4.69, 9.17) is 4.74 Å². The Morgan fingerprint density at radius 2 is 1.73 bits per heavy atom. The molecule has 1 atom stereocenters. The van der Waals surface area contributed by atoms with Crippen LogP contribution in [0.2, 0.25) is 0 Å². The summed E-state index contributed by atoms with van der Waals surface area (Å²) in [7, 11) is 1.99. The zero-order valence-electron chi connectivity index (χ0n) is 17.4. The number of hydrogen-bond acceptors (Lipinski definition) is 4. The third-order valence-electron chi connectivity index (χ3n) is 4.72. The zero-order chi connectivity index (χ0) is 22.6. The van der Waals surface area contributed by atoms with Crippen LogP contribution in [-0.4, -0.2) is 51.8 Å². The van der Waals surface area contributed by atoms with E-state index in [1.54, 1.807) is 13.0 Å². The summed E-state index contributed by atoms with van der Waals surface area (Å²) in [5, 5.41) is 0. The number of halogens is 2. The molecule has 0 saturated heterocycles. The molecule has 1 amide bonds. The fraction of sp³-hybridized carbons (Fsp3) is 0.286. The first-order valence-electron chi connectivity index (χ1n) is 8.99. The van der Waals surface area contributed by atoms with Crippen LogP contribution >= 0.6 is 0 Å². The molecule has 0 bridgehead atoms. The molecule has 6 nitrogen and oxygen atoms in total. The highest BCUT2D eigenvalue weighted by Crippen LogP contribution is 2.27. The Kier molecular flexibility index (Phi) is 7.33. The SMILES string of the molecule is COc1ccc(/C=C/C(=O)N(C)C(C)c2ccc(F)c(F)c2)cc1S(=O)(=O)N(C)C. The Morgan fingerprint density at radius 3 is 2.30 bits per heavy atom. The molecular formula is C21H24F2N2O4S. The number of carbonyl (C=O) groups excluding carboxylic acids is 1. The van der Waals surface area contributed by atoms with E-state index in [-0.39, 0.29) is 16.6 Å². The number of likely N-dealkylation sites (N-methyl/N-ethyl adjacent to an activating group) is 1. The van der Waals surface area contributed by atoms with Crippen molar-refractivity contribution in [1.29, 1.82) is 0 Å². The maximum atomic E-state index is 13.5. The molecule has 9 heteroatoms. The molecule has 0 saturated carbocycles. The standard InChI is InChI=1S/C21H24F2N2O4S/c1-14(16-8-9-17(22)18(23)13-16)25(4)21(26)11-7-15-6-10-19(29-5)20(12-15)30(27,28)24(2)3/h6-14H,1-5H3/b11-7+.